The lowest BCUT2D eigenvalue weighted by Gasteiger charge is -2.22. The number of aryl methyl sites for hydroxylation is 4. The van der Waals surface area contributed by atoms with Crippen LogP contribution < -0.4 is 16.0 Å². The van der Waals surface area contributed by atoms with Gasteiger partial charge in [-0.15, -0.1) is 0 Å². The van der Waals surface area contributed by atoms with Crippen LogP contribution in [0.4, 0.5) is 0 Å². The van der Waals surface area contributed by atoms with Crippen LogP contribution in [-0.4, -0.2) is 7.11 Å². The Balaban J connectivity index is 2.53. The summed E-state index contributed by atoms with van der Waals surface area (Å²) in [6.07, 6.45) is 0. The Morgan fingerprint density at radius 2 is 1.57 bits per heavy atom. The monoisotopic (exact) mass is 284 g/mol. The maximum absolute atomic E-state index is 5.85. The van der Waals surface area contributed by atoms with E-state index < -0.39 is 0 Å². The molecule has 3 nitrogen and oxygen atoms in total. The van der Waals surface area contributed by atoms with Gasteiger partial charge in [0.1, 0.15) is 5.75 Å². The number of hydrogen-bond donors (Lipinski definition) is 2. The molecule has 0 aliphatic heterocycles. The Morgan fingerprint density at radius 1 is 0.905 bits per heavy atom. The van der Waals surface area contributed by atoms with Gasteiger partial charge >= 0.3 is 0 Å². The highest BCUT2D eigenvalue weighted by molar-refractivity contribution is 5.47. The number of nitrogens with two attached hydrogens (primary N) is 1. The van der Waals surface area contributed by atoms with Crippen molar-refractivity contribution < 1.29 is 4.74 Å². The molecule has 1 unspecified atom stereocenters. The first-order valence-electron chi connectivity index (χ1n) is 7.16. The van der Waals surface area contributed by atoms with Crippen LogP contribution in [0.5, 0.6) is 5.75 Å². The van der Waals surface area contributed by atoms with Crippen molar-refractivity contribution in [2.45, 2.75) is 33.7 Å². The smallest absolute Gasteiger partial charge is 0.122 e. The van der Waals surface area contributed by atoms with Crippen LogP contribution in [-0.2, 0) is 0 Å². The average molecular weight is 284 g/mol. The largest absolute Gasteiger partial charge is 0.496 e. The van der Waals surface area contributed by atoms with E-state index in [1.807, 2.05) is 0 Å². The zero-order valence-corrected chi connectivity index (χ0v) is 13.4. The third-order valence-electron chi connectivity index (χ3n) is 4.00. The molecular formula is C18H24N2O. The van der Waals surface area contributed by atoms with Crippen molar-refractivity contribution in [3.05, 3.63) is 63.7 Å². The molecule has 112 valence electrons. The molecule has 0 radical (unpaired) electrons. The molecule has 2 aromatic rings. The average Bonchev–Trinajstić information content (AvgIpc) is 2.45. The van der Waals surface area contributed by atoms with Crippen molar-refractivity contribution in [1.82, 2.24) is 5.43 Å². The summed E-state index contributed by atoms with van der Waals surface area (Å²) in [5.74, 6) is 6.76. The number of benzene rings is 2. The molecule has 0 saturated carbocycles. The lowest BCUT2D eigenvalue weighted by atomic mass is 9.90. The zero-order valence-electron chi connectivity index (χ0n) is 13.4. The molecule has 21 heavy (non-hydrogen) atoms. The molecule has 1 atom stereocenters. The SMILES string of the molecule is COc1cc(C)c(C(NN)c2ccc(C)cc2C)cc1C. The van der Waals surface area contributed by atoms with Gasteiger partial charge in [0.05, 0.1) is 13.2 Å². The third kappa shape index (κ3) is 3.09. The van der Waals surface area contributed by atoms with Crippen LogP contribution in [0.3, 0.4) is 0 Å². The molecule has 2 rings (SSSR count). The van der Waals surface area contributed by atoms with E-state index in [1.165, 1.54) is 27.8 Å². The predicted octanol–water partition coefficient (Wildman–Crippen LogP) is 3.48. The van der Waals surface area contributed by atoms with Crippen LogP contribution in [0.2, 0.25) is 0 Å². The van der Waals surface area contributed by atoms with E-state index in [-0.39, 0.29) is 6.04 Å². The summed E-state index contributed by atoms with van der Waals surface area (Å²) in [7, 11) is 1.70. The van der Waals surface area contributed by atoms with Crippen LogP contribution in [0.25, 0.3) is 0 Å². The molecule has 0 bridgehead atoms. The van der Waals surface area contributed by atoms with Gasteiger partial charge in [0.15, 0.2) is 0 Å². The fraction of sp³-hybridized carbons (Fsp3) is 0.333. The van der Waals surface area contributed by atoms with Crippen molar-refractivity contribution >= 4 is 0 Å². The Bertz CT molecular complexity index is 650. The number of ether oxygens (including phenoxy) is 1. The van der Waals surface area contributed by atoms with Crippen molar-refractivity contribution in [3.63, 3.8) is 0 Å². The minimum absolute atomic E-state index is 0.0183. The topological polar surface area (TPSA) is 47.3 Å². The minimum atomic E-state index is -0.0183. The fourth-order valence-corrected chi connectivity index (χ4v) is 2.84. The predicted molar refractivity (Wildman–Crippen MR) is 87.6 cm³/mol. The summed E-state index contributed by atoms with van der Waals surface area (Å²) in [4.78, 5) is 0. The molecule has 0 amide bonds. The summed E-state index contributed by atoms with van der Waals surface area (Å²) >= 11 is 0. The van der Waals surface area contributed by atoms with Crippen LogP contribution in [0.15, 0.2) is 30.3 Å². The summed E-state index contributed by atoms with van der Waals surface area (Å²) in [5, 5.41) is 0. The second-order valence-electron chi connectivity index (χ2n) is 5.64. The number of hydrazine groups is 1. The fourth-order valence-electron chi connectivity index (χ4n) is 2.84. The van der Waals surface area contributed by atoms with E-state index in [2.05, 4.69) is 63.5 Å². The summed E-state index contributed by atoms with van der Waals surface area (Å²) in [6.45, 7) is 8.37. The standard InChI is InChI=1S/C18H24N2O/c1-11-6-7-15(12(2)8-11)18(20-19)16-9-14(4)17(21-5)10-13(16)3/h6-10,18,20H,19H2,1-5H3. The highest BCUT2D eigenvalue weighted by atomic mass is 16.5. The van der Waals surface area contributed by atoms with Crippen molar-refractivity contribution in [2.75, 3.05) is 7.11 Å². The molecule has 2 aromatic carbocycles. The van der Waals surface area contributed by atoms with Crippen LogP contribution >= 0.6 is 0 Å². The van der Waals surface area contributed by atoms with Crippen molar-refractivity contribution in [3.8, 4) is 5.75 Å². The minimum Gasteiger partial charge on any atom is -0.496 e. The quantitative estimate of drug-likeness (QED) is 0.667. The Hall–Kier alpha value is -1.84. The lowest BCUT2D eigenvalue weighted by Crippen LogP contribution is -2.30. The second-order valence-corrected chi connectivity index (χ2v) is 5.64. The molecular weight excluding hydrogens is 260 g/mol. The first-order chi connectivity index (χ1) is 9.97. The van der Waals surface area contributed by atoms with Gasteiger partial charge in [-0.3, -0.25) is 5.84 Å². The summed E-state index contributed by atoms with van der Waals surface area (Å²) in [5.41, 5.74) is 10.1. The number of methoxy groups -OCH3 is 1. The van der Waals surface area contributed by atoms with Crippen LogP contribution in [0, 0.1) is 27.7 Å². The first kappa shape index (κ1) is 15.5. The van der Waals surface area contributed by atoms with E-state index in [0.29, 0.717) is 0 Å². The zero-order chi connectivity index (χ0) is 15.6. The highest BCUT2D eigenvalue weighted by Crippen LogP contribution is 2.31. The highest BCUT2D eigenvalue weighted by Gasteiger charge is 2.18. The maximum Gasteiger partial charge on any atom is 0.122 e. The molecule has 3 heteroatoms. The number of nitrogens with one attached hydrogen (secondary N) is 1. The maximum atomic E-state index is 5.85. The molecule has 0 aromatic heterocycles. The number of rotatable bonds is 4. The summed E-state index contributed by atoms with van der Waals surface area (Å²) < 4.78 is 5.39. The Morgan fingerprint density at radius 3 is 2.14 bits per heavy atom. The van der Waals surface area contributed by atoms with Crippen LogP contribution in [0.1, 0.15) is 39.4 Å². The first-order valence-corrected chi connectivity index (χ1v) is 7.16. The van der Waals surface area contributed by atoms with Gasteiger partial charge in [-0.05, 0) is 61.6 Å². The Labute approximate surface area is 127 Å². The van der Waals surface area contributed by atoms with Crippen molar-refractivity contribution in [1.29, 1.82) is 0 Å². The Kier molecular flexibility index (Phi) is 4.66. The van der Waals surface area contributed by atoms with Gasteiger partial charge in [-0.25, -0.2) is 5.43 Å². The van der Waals surface area contributed by atoms with Gasteiger partial charge in [0, 0.05) is 0 Å². The lowest BCUT2D eigenvalue weighted by molar-refractivity contribution is 0.411. The van der Waals surface area contributed by atoms with Gasteiger partial charge in [-0.2, -0.15) is 0 Å². The molecule has 3 N–H and O–H groups in total. The molecule has 0 fully saturated rings. The molecule has 0 aliphatic carbocycles. The van der Waals surface area contributed by atoms with E-state index in [4.69, 9.17) is 10.6 Å². The van der Waals surface area contributed by atoms with E-state index in [1.54, 1.807) is 7.11 Å². The van der Waals surface area contributed by atoms with Gasteiger partial charge < -0.3 is 4.74 Å². The number of hydrogen-bond acceptors (Lipinski definition) is 3. The van der Waals surface area contributed by atoms with E-state index in [0.717, 1.165) is 11.3 Å². The normalized spacial score (nSPS) is 12.3. The van der Waals surface area contributed by atoms with E-state index in [9.17, 15) is 0 Å². The van der Waals surface area contributed by atoms with Gasteiger partial charge in [-0.1, -0.05) is 29.8 Å². The van der Waals surface area contributed by atoms with E-state index >= 15 is 0 Å². The third-order valence-corrected chi connectivity index (χ3v) is 4.00. The van der Waals surface area contributed by atoms with Gasteiger partial charge in [0.25, 0.3) is 0 Å². The molecule has 0 saturated heterocycles. The summed E-state index contributed by atoms with van der Waals surface area (Å²) in [6, 6.07) is 10.7. The molecule has 0 aliphatic rings. The molecule has 0 heterocycles. The molecule has 0 spiro atoms. The van der Waals surface area contributed by atoms with Gasteiger partial charge in [0.2, 0.25) is 0 Å². The second kappa shape index (κ2) is 6.29. The van der Waals surface area contributed by atoms with Crippen molar-refractivity contribution in [2.24, 2.45) is 5.84 Å².